The van der Waals surface area contributed by atoms with Crippen LogP contribution in [0.4, 0.5) is 30.5 Å². The third kappa shape index (κ3) is 4.03. The first-order valence-electron chi connectivity index (χ1n) is 9.05. The van der Waals surface area contributed by atoms with E-state index in [2.05, 4.69) is 20.2 Å². The summed E-state index contributed by atoms with van der Waals surface area (Å²) in [5.74, 6) is -0.136. The summed E-state index contributed by atoms with van der Waals surface area (Å²) >= 11 is 0. The largest absolute Gasteiger partial charge is 0.433 e. The van der Waals surface area contributed by atoms with Crippen molar-refractivity contribution >= 4 is 23.1 Å². The van der Waals surface area contributed by atoms with Crippen molar-refractivity contribution in [3.63, 3.8) is 0 Å². The molecule has 0 atom stereocenters. The van der Waals surface area contributed by atoms with Gasteiger partial charge >= 0.3 is 6.18 Å². The van der Waals surface area contributed by atoms with Gasteiger partial charge in [-0.05, 0) is 44.5 Å². The Morgan fingerprint density at radius 2 is 2.00 bits per heavy atom. The van der Waals surface area contributed by atoms with Crippen molar-refractivity contribution in [3.05, 3.63) is 53.5 Å². The Kier molecular flexibility index (Phi) is 5.25. The van der Waals surface area contributed by atoms with Crippen LogP contribution in [0.3, 0.4) is 0 Å². The summed E-state index contributed by atoms with van der Waals surface area (Å²) in [5.41, 5.74) is 6.93. The minimum atomic E-state index is -4.55. The quantitative estimate of drug-likeness (QED) is 0.753. The molecule has 0 saturated carbocycles. The lowest BCUT2D eigenvalue weighted by atomic mass is 9.83. The molecular formula is C20H22F3N5O. The highest BCUT2D eigenvalue weighted by atomic mass is 19.4. The van der Waals surface area contributed by atoms with Crippen molar-refractivity contribution in [3.8, 4) is 0 Å². The second-order valence-corrected chi connectivity index (χ2v) is 7.35. The fourth-order valence-corrected chi connectivity index (χ4v) is 3.52. The summed E-state index contributed by atoms with van der Waals surface area (Å²) in [6.07, 6.45) is -1.80. The first-order chi connectivity index (χ1) is 13.5. The predicted octanol–water partition coefficient (Wildman–Crippen LogP) is 3.95. The Hall–Kier alpha value is -3.10. The van der Waals surface area contributed by atoms with Gasteiger partial charge in [-0.2, -0.15) is 13.2 Å². The van der Waals surface area contributed by atoms with E-state index in [1.165, 1.54) is 6.20 Å². The van der Waals surface area contributed by atoms with Gasteiger partial charge in [0.25, 0.3) is 0 Å². The number of piperidine rings is 1. The maximum absolute atomic E-state index is 12.9. The number of nitrogens with zero attached hydrogens (tertiary/aromatic N) is 3. The molecule has 154 valence electrons. The van der Waals surface area contributed by atoms with Crippen LogP contribution in [0.2, 0.25) is 0 Å². The number of aromatic nitrogens is 2. The summed E-state index contributed by atoms with van der Waals surface area (Å²) < 4.78 is 38.7. The molecule has 2 heterocycles. The van der Waals surface area contributed by atoms with Gasteiger partial charge in [0.15, 0.2) is 5.78 Å². The van der Waals surface area contributed by atoms with E-state index in [1.807, 2.05) is 32.9 Å². The summed E-state index contributed by atoms with van der Waals surface area (Å²) in [4.78, 5) is 21.7. The average Bonchev–Trinajstić information content (AvgIpc) is 2.63. The molecule has 2 aromatic rings. The van der Waals surface area contributed by atoms with Gasteiger partial charge in [-0.1, -0.05) is 6.07 Å². The highest BCUT2D eigenvalue weighted by Crippen LogP contribution is 2.37. The van der Waals surface area contributed by atoms with E-state index < -0.39 is 17.4 Å². The molecule has 0 bridgehead atoms. The maximum atomic E-state index is 12.9. The van der Waals surface area contributed by atoms with Gasteiger partial charge in [-0.15, -0.1) is 0 Å². The average molecular weight is 405 g/mol. The molecule has 0 radical (unpaired) electrons. The molecular weight excluding hydrogens is 383 g/mol. The first kappa shape index (κ1) is 20.6. The number of anilines is 3. The van der Waals surface area contributed by atoms with Gasteiger partial charge in [0.2, 0.25) is 5.95 Å². The predicted molar refractivity (Wildman–Crippen MR) is 105 cm³/mol. The molecule has 1 saturated heterocycles. The van der Waals surface area contributed by atoms with Gasteiger partial charge in [-0.25, -0.2) is 9.97 Å². The van der Waals surface area contributed by atoms with Crippen LogP contribution >= 0.6 is 0 Å². The first-order valence-corrected chi connectivity index (χ1v) is 9.05. The number of nitrogens with two attached hydrogens (primary N) is 1. The lowest BCUT2D eigenvalue weighted by Gasteiger charge is -2.45. The van der Waals surface area contributed by atoms with E-state index in [-0.39, 0.29) is 11.7 Å². The van der Waals surface area contributed by atoms with Crippen LogP contribution in [0.25, 0.3) is 0 Å². The zero-order valence-corrected chi connectivity index (χ0v) is 16.3. The molecule has 29 heavy (non-hydrogen) atoms. The van der Waals surface area contributed by atoms with E-state index in [4.69, 9.17) is 5.73 Å². The molecule has 0 aliphatic carbocycles. The van der Waals surface area contributed by atoms with Crippen LogP contribution in [0, 0.1) is 6.92 Å². The van der Waals surface area contributed by atoms with Crippen LogP contribution in [0.1, 0.15) is 31.5 Å². The van der Waals surface area contributed by atoms with Crippen molar-refractivity contribution in [2.75, 3.05) is 16.8 Å². The monoisotopic (exact) mass is 405 g/mol. The van der Waals surface area contributed by atoms with Crippen molar-refractivity contribution in [2.45, 2.75) is 38.9 Å². The second-order valence-electron chi connectivity index (χ2n) is 7.35. The number of nitrogens with one attached hydrogen (secondary N) is 1. The van der Waals surface area contributed by atoms with E-state index in [0.29, 0.717) is 24.2 Å². The van der Waals surface area contributed by atoms with Crippen molar-refractivity contribution < 1.29 is 18.0 Å². The van der Waals surface area contributed by atoms with Gasteiger partial charge in [0.1, 0.15) is 5.69 Å². The lowest BCUT2D eigenvalue weighted by Crippen LogP contribution is -2.53. The number of hydrogen-bond acceptors (Lipinski definition) is 6. The van der Waals surface area contributed by atoms with Crippen molar-refractivity contribution in [1.82, 2.24) is 9.97 Å². The molecule has 1 fully saturated rings. The number of halogens is 3. The fourth-order valence-electron chi connectivity index (χ4n) is 3.52. The third-order valence-corrected chi connectivity index (χ3v) is 5.07. The summed E-state index contributed by atoms with van der Waals surface area (Å²) in [5, 5.41) is 2.83. The minimum absolute atomic E-state index is 0.0121. The molecule has 3 N–H and O–H groups in total. The molecule has 6 nitrogen and oxygen atoms in total. The fraction of sp³-hybridized carbons (Fsp3) is 0.350. The smallest absolute Gasteiger partial charge is 0.404 e. The number of aryl methyl sites for hydroxylation is 1. The normalized spacial score (nSPS) is 18.2. The van der Waals surface area contributed by atoms with E-state index >= 15 is 0 Å². The standard InChI is InChI=1S/C20H22F3N5O/c1-12-4-5-13(26-18-25-8-6-17(27-18)20(21,22)23)10-15(12)28-9-7-16(29)14(11-24)19(28,2)3/h4-6,8,10-11H,7,9,24H2,1-3H3,(H,25,26,27). The molecule has 0 spiro atoms. The number of benzene rings is 1. The summed E-state index contributed by atoms with van der Waals surface area (Å²) in [7, 11) is 0. The molecule has 3 rings (SSSR count). The van der Waals surface area contributed by atoms with Gasteiger partial charge in [-0.3, -0.25) is 4.79 Å². The number of hydrogen-bond donors (Lipinski definition) is 2. The van der Waals surface area contributed by atoms with Gasteiger partial charge in [0, 0.05) is 42.3 Å². The third-order valence-electron chi connectivity index (χ3n) is 5.07. The number of Topliss-reactive ketones (excluding diaryl/α,β-unsaturated/α-hetero) is 1. The number of rotatable bonds is 3. The zero-order valence-electron chi connectivity index (χ0n) is 16.3. The van der Waals surface area contributed by atoms with Gasteiger partial charge < -0.3 is 16.0 Å². The molecule has 1 aliphatic heterocycles. The molecule has 9 heteroatoms. The number of ketones is 1. The molecule has 0 amide bonds. The van der Waals surface area contributed by atoms with Gasteiger partial charge in [0.05, 0.1) is 5.54 Å². The van der Waals surface area contributed by atoms with Crippen molar-refractivity contribution in [1.29, 1.82) is 0 Å². The van der Waals surface area contributed by atoms with Crippen LogP contribution < -0.4 is 16.0 Å². The topological polar surface area (TPSA) is 84.1 Å². The Labute approximate surface area is 166 Å². The van der Waals surface area contributed by atoms with Crippen LogP contribution in [-0.4, -0.2) is 27.8 Å². The van der Waals surface area contributed by atoms with E-state index in [1.54, 1.807) is 6.07 Å². The number of carbonyl (C=O) groups is 1. The number of alkyl halides is 3. The Morgan fingerprint density at radius 1 is 1.28 bits per heavy atom. The Balaban J connectivity index is 1.94. The highest BCUT2D eigenvalue weighted by Gasteiger charge is 2.39. The molecule has 0 unspecified atom stereocenters. The van der Waals surface area contributed by atoms with Crippen molar-refractivity contribution in [2.24, 2.45) is 5.73 Å². The maximum Gasteiger partial charge on any atom is 0.433 e. The van der Waals surface area contributed by atoms with E-state index in [0.717, 1.165) is 23.5 Å². The van der Waals surface area contributed by atoms with Crippen LogP contribution in [-0.2, 0) is 11.0 Å². The SMILES string of the molecule is Cc1ccc(Nc2nccc(C(F)(F)F)n2)cc1N1CCC(=O)C(=CN)C1(C)C. The summed E-state index contributed by atoms with van der Waals surface area (Å²) in [6.45, 7) is 6.27. The zero-order chi connectivity index (χ0) is 21.4. The molecule has 1 aromatic heterocycles. The molecule has 1 aliphatic rings. The summed E-state index contributed by atoms with van der Waals surface area (Å²) in [6, 6.07) is 6.22. The Morgan fingerprint density at radius 3 is 2.66 bits per heavy atom. The second kappa shape index (κ2) is 7.38. The number of carbonyl (C=O) groups excluding carboxylic acids is 1. The minimum Gasteiger partial charge on any atom is -0.404 e. The lowest BCUT2D eigenvalue weighted by molar-refractivity contribution is -0.141. The Bertz CT molecular complexity index is 969. The van der Waals surface area contributed by atoms with Crippen LogP contribution in [0.5, 0.6) is 0 Å². The van der Waals surface area contributed by atoms with E-state index in [9.17, 15) is 18.0 Å². The highest BCUT2D eigenvalue weighted by molar-refractivity contribution is 6.00. The molecule has 1 aromatic carbocycles. The van der Waals surface area contributed by atoms with Crippen LogP contribution in [0.15, 0.2) is 42.2 Å².